The Bertz CT molecular complexity index is 246. The Morgan fingerprint density at radius 1 is 1.21 bits per heavy atom. The molecule has 0 bridgehead atoms. The maximum Gasteiger partial charge on any atom is 0.0329 e. The number of rotatable bonds is 7. The minimum absolute atomic E-state index is 0.238. The van der Waals surface area contributed by atoms with Gasteiger partial charge in [-0.3, -0.25) is 4.90 Å². The zero-order valence-electron chi connectivity index (χ0n) is 14.0. The lowest BCUT2D eigenvalue weighted by Gasteiger charge is -2.48. The van der Waals surface area contributed by atoms with E-state index in [9.17, 15) is 0 Å². The lowest BCUT2D eigenvalue weighted by Crippen LogP contribution is -2.56. The Labute approximate surface area is 121 Å². The second-order valence-electron chi connectivity index (χ2n) is 7.39. The molecule has 1 rings (SSSR count). The van der Waals surface area contributed by atoms with E-state index in [1.807, 2.05) is 0 Å². The zero-order valence-corrected chi connectivity index (χ0v) is 14.0. The smallest absolute Gasteiger partial charge is 0.0329 e. The van der Waals surface area contributed by atoms with Crippen molar-refractivity contribution in [2.45, 2.75) is 90.6 Å². The van der Waals surface area contributed by atoms with Crippen LogP contribution in [0.2, 0.25) is 0 Å². The fraction of sp³-hybridized carbons (Fsp3) is 1.00. The van der Waals surface area contributed by atoms with Crippen LogP contribution in [0, 0.1) is 5.41 Å². The molecule has 0 aromatic rings. The maximum absolute atomic E-state index is 6.18. The number of nitrogens with two attached hydrogens (primary N) is 1. The van der Waals surface area contributed by atoms with Gasteiger partial charge in [0.15, 0.2) is 0 Å². The number of hydrogen-bond acceptors (Lipinski definition) is 2. The first-order valence-electron chi connectivity index (χ1n) is 8.34. The van der Waals surface area contributed by atoms with Crippen molar-refractivity contribution in [3.05, 3.63) is 0 Å². The van der Waals surface area contributed by atoms with Crippen molar-refractivity contribution < 1.29 is 0 Å². The molecule has 1 aliphatic carbocycles. The van der Waals surface area contributed by atoms with E-state index in [4.69, 9.17) is 5.73 Å². The van der Waals surface area contributed by atoms with Crippen molar-refractivity contribution in [2.75, 3.05) is 13.6 Å². The molecule has 0 saturated heterocycles. The van der Waals surface area contributed by atoms with Crippen molar-refractivity contribution in [3.8, 4) is 0 Å². The minimum atomic E-state index is 0.238. The first-order chi connectivity index (χ1) is 8.90. The van der Waals surface area contributed by atoms with Gasteiger partial charge in [-0.15, -0.1) is 0 Å². The molecule has 0 amide bonds. The molecule has 2 N–H and O–H groups in total. The van der Waals surface area contributed by atoms with E-state index in [-0.39, 0.29) is 5.54 Å². The lowest BCUT2D eigenvalue weighted by atomic mass is 9.74. The Kier molecular flexibility index (Phi) is 6.32. The van der Waals surface area contributed by atoms with Gasteiger partial charge in [-0.1, -0.05) is 40.5 Å². The van der Waals surface area contributed by atoms with E-state index >= 15 is 0 Å². The molecule has 1 atom stereocenters. The van der Waals surface area contributed by atoms with E-state index in [1.54, 1.807) is 0 Å². The molecule has 1 fully saturated rings. The van der Waals surface area contributed by atoms with Gasteiger partial charge in [-0.25, -0.2) is 0 Å². The summed E-state index contributed by atoms with van der Waals surface area (Å²) in [7, 11) is 2.33. The molecule has 19 heavy (non-hydrogen) atoms. The quantitative estimate of drug-likeness (QED) is 0.750. The fourth-order valence-corrected chi connectivity index (χ4v) is 3.66. The molecule has 1 unspecified atom stereocenters. The summed E-state index contributed by atoms with van der Waals surface area (Å²) in [6, 6.07) is 0.744. The first-order valence-corrected chi connectivity index (χ1v) is 8.34. The van der Waals surface area contributed by atoms with Crippen LogP contribution in [0.25, 0.3) is 0 Å². The Hall–Kier alpha value is -0.0800. The van der Waals surface area contributed by atoms with Crippen LogP contribution in [0.5, 0.6) is 0 Å². The highest BCUT2D eigenvalue weighted by Crippen LogP contribution is 2.39. The van der Waals surface area contributed by atoms with Crippen LogP contribution in [0.3, 0.4) is 0 Å². The van der Waals surface area contributed by atoms with Gasteiger partial charge >= 0.3 is 0 Å². The van der Waals surface area contributed by atoms with E-state index in [0.29, 0.717) is 5.41 Å². The number of hydrogen-bond donors (Lipinski definition) is 1. The van der Waals surface area contributed by atoms with Gasteiger partial charge in [0, 0.05) is 18.1 Å². The van der Waals surface area contributed by atoms with Gasteiger partial charge in [0.05, 0.1) is 0 Å². The summed E-state index contributed by atoms with van der Waals surface area (Å²) in [6.45, 7) is 10.2. The van der Waals surface area contributed by atoms with Crippen molar-refractivity contribution in [2.24, 2.45) is 11.1 Å². The fourth-order valence-electron chi connectivity index (χ4n) is 3.66. The van der Waals surface area contributed by atoms with E-state index < -0.39 is 0 Å². The van der Waals surface area contributed by atoms with Crippen LogP contribution >= 0.6 is 0 Å². The standard InChI is InChI=1S/C17H36N2/c1-6-8-11-17(7-2,14-18)19(5)15-9-12-16(3,4)13-10-15/h15H,6-14,18H2,1-5H3. The predicted molar refractivity (Wildman–Crippen MR) is 85.4 cm³/mol. The largest absolute Gasteiger partial charge is 0.329 e. The third-order valence-corrected chi connectivity index (χ3v) is 5.64. The van der Waals surface area contributed by atoms with Gasteiger partial charge < -0.3 is 5.73 Å². The van der Waals surface area contributed by atoms with Crippen LogP contribution < -0.4 is 5.73 Å². The molecule has 0 radical (unpaired) electrons. The summed E-state index contributed by atoms with van der Waals surface area (Å²) in [6.07, 6.45) is 10.4. The molecular formula is C17H36N2. The van der Waals surface area contributed by atoms with E-state index in [0.717, 1.165) is 12.6 Å². The van der Waals surface area contributed by atoms with E-state index in [2.05, 4.69) is 39.6 Å². The van der Waals surface area contributed by atoms with Crippen LogP contribution in [-0.2, 0) is 0 Å². The predicted octanol–water partition coefficient (Wildman–Crippen LogP) is 4.18. The topological polar surface area (TPSA) is 29.3 Å². The molecule has 1 saturated carbocycles. The molecule has 0 aromatic carbocycles. The van der Waals surface area contributed by atoms with Gasteiger partial charge in [-0.05, 0) is 51.0 Å². The third-order valence-electron chi connectivity index (χ3n) is 5.64. The summed E-state index contributed by atoms with van der Waals surface area (Å²) in [5.74, 6) is 0. The van der Waals surface area contributed by atoms with Crippen LogP contribution in [-0.4, -0.2) is 30.1 Å². The highest BCUT2D eigenvalue weighted by atomic mass is 15.2. The zero-order chi connectivity index (χ0) is 14.5. The highest BCUT2D eigenvalue weighted by molar-refractivity contribution is 4.94. The summed E-state index contributed by atoms with van der Waals surface area (Å²) >= 11 is 0. The normalized spacial score (nSPS) is 23.5. The molecule has 2 nitrogen and oxygen atoms in total. The van der Waals surface area contributed by atoms with Gasteiger partial charge in [-0.2, -0.15) is 0 Å². The maximum atomic E-state index is 6.18. The monoisotopic (exact) mass is 268 g/mol. The minimum Gasteiger partial charge on any atom is -0.329 e. The average Bonchev–Trinajstić information content (AvgIpc) is 2.40. The molecule has 0 spiro atoms. The van der Waals surface area contributed by atoms with Crippen molar-refractivity contribution in [1.82, 2.24) is 4.90 Å². The van der Waals surface area contributed by atoms with Crippen molar-refractivity contribution in [1.29, 1.82) is 0 Å². The number of unbranched alkanes of at least 4 members (excludes halogenated alkanes) is 1. The SMILES string of the molecule is CCCCC(CC)(CN)N(C)C1CCC(C)(C)CC1. The molecule has 0 aliphatic heterocycles. The van der Waals surface area contributed by atoms with Crippen LogP contribution in [0.4, 0.5) is 0 Å². The molecule has 114 valence electrons. The summed E-state index contributed by atoms with van der Waals surface area (Å²) in [4.78, 5) is 2.65. The second kappa shape index (κ2) is 7.08. The van der Waals surface area contributed by atoms with Gasteiger partial charge in [0.25, 0.3) is 0 Å². The molecule has 0 heterocycles. The first kappa shape index (κ1) is 17.0. The number of likely N-dealkylation sites (N-methyl/N-ethyl adjacent to an activating group) is 1. The lowest BCUT2D eigenvalue weighted by molar-refractivity contribution is 0.0267. The Morgan fingerprint density at radius 2 is 1.79 bits per heavy atom. The van der Waals surface area contributed by atoms with Gasteiger partial charge in [0.1, 0.15) is 0 Å². The van der Waals surface area contributed by atoms with E-state index in [1.165, 1.54) is 51.4 Å². The molecule has 0 aromatic heterocycles. The van der Waals surface area contributed by atoms with Crippen molar-refractivity contribution in [3.63, 3.8) is 0 Å². The second-order valence-corrected chi connectivity index (χ2v) is 7.39. The van der Waals surface area contributed by atoms with Crippen LogP contribution in [0.15, 0.2) is 0 Å². The van der Waals surface area contributed by atoms with Crippen molar-refractivity contribution >= 4 is 0 Å². The number of nitrogens with zero attached hydrogens (tertiary/aromatic N) is 1. The Morgan fingerprint density at radius 3 is 2.21 bits per heavy atom. The Balaban J connectivity index is 2.69. The van der Waals surface area contributed by atoms with Crippen LogP contribution in [0.1, 0.15) is 79.1 Å². The molecule has 2 heteroatoms. The molecule has 1 aliphatic rings. The summed E-state index contributed by atoms with van der Waals surface area (Å²) in [5, 5.41) is 0. The molecular weight excluding hydrogens is 232 g/mol. The van der Waals surface area contributed by atoms with Gasteiger partial charge in [0.2, 0.25) is 0 Å². The summed E-state index contributed by atoms with van der Waals surface area (Å²) in [5.41, 5.74) is 6.97. The third kappa shape index (κ3) is 4.19. The highest BCUT2D eigenvalue weighted by Gasteiger charge is 2.37. The summed E-state index contributed by atoms with van der Waals surface area (Å²) < 4.78 is 0. The average molecular weight is 268 g/mol.